The predicted molar refractivity (Wildman–Crippen MR) is 98.2 cm³/mol. The summed E-state index contributed by atoms with van der Waals surface area (Å²) < 4.78 is 10.6. The number of benzene rings is 1. The Morgan fingerprint density at radius 3 is 2.88 bits per heavy atom. The predicted octanol–water partition coefficient (Wildman–Crippen LogP) is 2.57. The van der Waals surface area contributed by atoms with Crippen molar-refractivity contribution in [2.24, 2.45) is 5.92 Å². The second-order valence-corrected chi connectivity index (χ2v) is 6.85. The summed E-state index contributed by atoms with van der Waals surface area (Å²) >= 11 is 5.98. The van der Waals surface area contributed by atoms with E-state index in [1.165, 1.54) is 19.2 Å². The highest BCUT2D eigenvalue weighted by atomic mass is 35.5. The zero-order valence-electron chi connectivity index (χ0n) is 14.8. The van der Waals surface area contributed by atoms with Crippen LogP contribution in [0.1, 0.15) is 36.5 Å². The highest BCUT2D eigenvalue weighted by Crippen LogP contribution is 2.29. The standard InChI is InChI=1S/C18H27ClN2O4/c1-3-4-6-21-7-5-12(16(22)10-21)11-25-18(23)13-8-14(19)15(20)9-17(13)24-2/h8-9,12,16,22H,3-7,10-11,20H2,1-2H3. The van der Waals surface area contributed by atoms with Gasteiger partial charge in [-0.3, -0.25) is 0 Å². The number of likely N-dealkylation sites (tertiary alicyclic amines) is 1. The lowest BCUT2D eigenvalue weighted by Gasteiger charge is -2.35. The van der Waals surface area contributed by atoms with E-state index in [4.69, 9.17) is 26.8 Å². The second kappa shape index (κ2) is 9.27. The number of unbranched alkanes of at least 4 members (excludes halogenated alkanes) is 1. The summed E-state index contributed by atoms with van der Waals surface area (Å²) in [5.41, 5.74) is 6.29. The van der Waals surface area contributed by atoms with E-state index >= 15 is 0 Å². The molecule has 140 valence electrons. The minimum absolute atomic E-state index is 0.0583. The van der Waals surface area contributed by atoms with Gasteiger partial charge in [0, 0.05) is 18.5 Å². The van der Waals surface area contributed by atoms with Gasteiger partial charge < -0.3 is 25.2 Å². The zero-order chi connectivity index (χ0) is 18.4. The van der Waals surface area contributed by atoms with Crippen molar-refractivity contribution in [1.82, 2.24) is 4.90 Å². The molecule has 2 atom stereocenters. The number of carbonyl (C=O) groups excluding carboxylic acids is 1. The molecule has 1 aliphatic heterocycles. The van der Waals surface area contributed by atoms with Crippen molar-refractivity contribution in [2.75, 3.05) is 39.1 Å². The number of nitrogens with two attached hydrogens (primary N) is 1. The van der Waals surface area contributed by atoms with Crippen molar-refractivity contribution in [1.29, 1.82) is 0 Å². The number of hydrogen-bond donors (Lipinski definition) is 2. The Bertz CT molecular complexity index is 597. The number of aliphatic hydroxyl groups excluding tert-OH is 1. The SMILES string of the molecule is CCCCN1CCC(COC(=O)c2cc(Cl)c(N)cc2OC)C(O)C1. The van der Waals surface area contributed by atoms with E-state index < -0.39 is 12.1 Å². The van der Waals surface area contributed by atoms with Crippen molar-refractivity contribution in [2.45, 2.75) is 32.3 Å². The molecular formula is C18H27ClN2O4. The molecule has 1 aromatic rings. The van der Waals surface area contributed by atoms with Crippen LogP contribution in [0.5, 0.6) is 5.75 Å². The molecular weight excluding hydrogens is 344 g/mol. The van der Waals surface area contributed by atoms with Gasteiger partial charge in [0.25, 0.3) is 0 Å². The maximum atomic E-state index is 12.3. The van der Waals surface area contributed by atoms with Crippen molar-refractivity contribution in [3.63, 3.8) is 0 Å². The van der Waals surface area contributed by atoms with Gasteiger partial charge in [-0.05, 0) is 32.0 Å². The fraction of sp³-hybridized carbons (Fsp3) is 0.611. The van der Waals surface area contributed by atoms with E-state index in [2.05, 4.69) is 11.8 Å². The second-order valence-electron chi connectivity index (χ2n) is 6.44. The lowest BCUT2D eigenvalue weighted by Crippen LogP contribution is -2.45. The number of piperidine rings is 1. The third-order valence-electron chi connectivity index (χ3n) is 4.60. The molecule has 1 fully saturated rings. The molecule has 1 aliphatic rings. The number of anilines is 1. The number of nitrogens with zero attached hydrogens (tertiary/aromatic N) is 1. The van der Waals surface area contributed by atoms with Crippen LogP contribution in [0.25, 0.3) is 0 Å². The number of nitrogen functional groups attached to an aromatic ring is 1. The first-order valence-corrected chi connectivity index (χ1v) is 9.04. The number of β-amino-alcohol motifs (C(OH)–C–C–N with tert-alkyl or cyclic N) is 1. The van der Waals surface area contributed by atoms with Crippen LogP contribution in [0, 0.1) is 5.92 Å². The average molecular weight is 371 g/mol. The summed E-state index contributed by atoms with van der Waals surface area (Å²) in [4.78, 5) is 14.6. The van der Waals surface area contributed by atoms with Crippen LogP contribution in [0.3, 0.4) is 0 Å². The van der Waals surface area contributed by atoms with E-state index in [9.17, 15) is 9.90 Å². The van der Waals surface area contributed by atoms with E-state index in [-0.39, 0.29) is 23.1 Å². The Hall–Kier alpha value is -1.50. The van der Waals surface area contributed by atoms with E-state index in [1.807, 2.05) is 0 Å². The zero-order valence-corrected chi connectivity index (χ0v) is 15.6. The number of methoxy groups -OCH3 is 1. The molecule has 0 aromatic heterocycles. The number of ether oxygens (including phenoxy) is 2. The third kappa shape index (κ3) is 5.23. The van der Waals surface area contributed by atoms with Gasteiger partial charge in [0.1, 0.15) is 11.3 Å². The summed E-state index contributed by atoms with van der Waals surface area (Å²) in [5.74, 6) is -0.265. The van der Waals surface area contributed by atoms with Gasteiger partial charge in [-0.2, -0.15) is 0 Å². The molecule has 2 unspecified atom stereocenters. The van der Waals surface area contributed by atoms with Crippen molar-refractivity contribution in [3.8, 4) is 5.75 Å². The smallest absolute Gasteiger partial charge is 0.341 e. The van der Waals surface area contributed by atoms with Crippen LogP contribution in [0.2, 0.25) is 5.02 Å². The van der Waals surface area contributed by atoms with Crippen molar-refractivity contribution >= 4 is 23.3 Å². The molecule has 0 radical (unpaired) electrons. The summed E-state index contributed by atoms with van der Waals surface area (Å²) in [6.45, 7) is 4.86. The Morgan fingerprint density at radius 1 is 1.48 bits per heavy atom. The van der Waals surface area contributed by atoms with Crippen molar-refractivity contribution in [3.05, 3.63) is 22.7 Å². The number of aliphatic hydroxyl groups is 1. The van der Waals surface area contributed by atoms with Gasteiger partial charge in [0.2, 0.25) is 0 Å². The molecule has 2 rings (SSSR count). The van der Waals surface area contributed by atoms with Crippen LogP contribution in [-0.2, 0) is 4.74 Å². The molecule has 0 amide bonds. The fourth-order valence-corrected chi connectivity index (χ4v) is 3.15. The van der Waals surface area contributed by atoms with E-state index in [0.29, 0.717) is 18.0 Å². The summed E-state index contributed by atoms with van der Waals surface area (Å²) in [5, 5.41) is 10.6. The van der Waals surface area contributed by atoms with Gasteiger partial charge in [0.15, 0.2) is 0 Å². The molecule has 0 bridgehead atoms. The first-order valence-electron chi connectivity index (χ1n) is 8.66. The molecule has 1 saturated heterocycles. The summed E-state index contributed by atoms with van der Waals surface area (Å²) in [7, 11) is 1.45. The number of carbonyl (C=O) groups is 1. The molecule has 6 nitrogen and oxygen atoms in total. The first kappa shape index (κ1) is 19.8. The maximum absolute atomic E-state index is 12.3. The van der Waals surface area contributed by atoms with Gasteiger partial charge in [-0.25, -0.2) is 4.79 Å². The fourth-order valence-electron chi connectivity index (χ4n) is 2.98. The highest BCUT2D eigenvalue weighted by molar-refractivity contribution is 6.33. The number of hydrogen-bond acceptors (Lipinski definition) is 6. The first-order chi connectivity index (χ1) is 12.0. The molecule has 1 aromatic carbocycles. The Balaban J connectivity index is 1.91. The monoisotopic (exact) mass is 370 g/mol. The lowest BCUT2D eigenvalue weighted by molar-refractivity contribution is -0.0147. The normalized spacial score (nSPS) is 21.1. The molecule has 7 heteroatoms. The number of esters is 1. The minimum atomic E-state index is -0.528. The Kier molecular flexibility index (Phi) is 7.35. The summed E-state index contributed by atoms with van der Waals surface area (Å²) in [6, 6.07) is 2.95. The van der Waals surface area contributed by atoms with Crippen LogP contribution in [0.4, 0.5) is 5.69 Å². The van der Waals surface area contributed by atoms with Crippen LogP contribution in [0.15, 0.2) is 12.1 Å². The number of rotatable bonds is 7. The van der Waals surface area contributed by atoms with E-state index in [0.717, 1.165) is 32.4 Å². The van der Waals surface area contributed by atoms with Gasteiger partial charge >= 0.3 is 5.97 Å². The highest BCUT2D eigenvalue weighted by Gasteiger charge is 2.29. The lowest BCUT2D eigenvalue weighted by atomic mass is 9.94. The Labute approximate surface area is 153 Å². The average Bonchev–Trinajstić information content (AvgIpc) is 2.60. The van der Waals surface area contributed by atoms with Crippen LogP contribution >= 0.6 is 11.6 Å². The molecule has 3 N–H and O–H groups in total. The molecule has 0 aliphatic carbocycles. The summed E-state index contributed by atoms with van der Waals surface area (Å²) in [6.07, 6.45) is 2.58. The minimum Gasteiger partial charge on any atom is -0.496 e. The maximum Gasteiger partial charge on any atom is 0.341 e. The molecule has 1 heterocycles. The van der Waals surface area contributed by atoms with Gasteiger partial charge in [0.05, 0.1) is 30.5 Å². The van der Waals surface area contributed by atoms with Crippen LogP contribution in [-0.4, -0.2) is 55.4 Å². The molecule has 0 spiro atoms. The van der Waals surface area contributed by atoms with Crippen LogP contribution < -0.4 is 10.5 Å². The van der Waals surface area contributed by atoms with Gasteiger partial charge in [-0.1, -0.05) is 24.9 Å². The molecule has 0 saturated carbocycles. The largest absolute Gasteiger partial charge is 0.496 e. The quantitative estimate of drug-likeness (QED) is 0.566. The van der Waals surface area contributed by atoms with Crippen molar-refractivity contribution < 1.29 is 19.4 Å². The molecule has 25 heavy (non-hydrogen) atoms. The van der Waals surface area contributed by atoms with E-state index in [1.54, 1.807) is 0 Å². The topological polar surface area (TPSA) is 85.0 Å². The van der Waals surface area contributed by atoms with Gasteiger partial charge in [-0.15, -0.1) is 0 Å². The third-order valence-corrected chi connectivity index (χ3v) is 4.93. The number of halogens is 1. The Morgan fingerprint density at radius 2 is 2.24 bits per heavy atom.